The van der Waals surface area contributed by atoms with E-state index in [4.69, 9.17) is 0 Å². The molecule has 5 nitrogen and oxygen atoms in total. The van der Waals surface area contributed by atoms with Crippen LogP contribution in [0, 0.1) is 0 Å². The van der Waals surface area contributed by atoms with Gasteiger partial charge in [-0.3, -0.25) is 4.21 Å². The predicted octanol–water partition coefficient (Wildman–Crippen LogP) is 2.04. The van der Waals surface area contributed by atoms with Crippen molar-refractivity contribution in [1.29, 1.82) is 0 Å². The van der Waals surface area contributed by atoms with Gasteiger partial charge in [0.1, 0.15) is 11.6 Å². The molecule has 6 heteroatoms. The normalized spacial score (nSPS) is 12.2. The van der Waals surface area contributed by atoms with Crippen LogP contribution in [0.25, 0.3) is 11.4 Å². The average molecular weight is 291 g/mol. The molecule has 0 amide bonds. The van der Waals surface area contributed by atoms with Crippen molar-refractivity contribution >= 4 is 16.6 Å². The van der Waals surface area contributed by atoms with Gasteiger partial charge in [-0.05, 0) is 12.1 Å². The molecular weight excluding hydrogens is 274 g/mol. The van der Waals surface area contributed by atoms with Crippen LogP contribution in [0.4, 0.5) is 5.82 Å². The van der Waals surface area contributed by atoms with E-state index >= 15 is 0 Å². The van der Waals surface area contributed by atoms with E-state index < -0.39 is 10.8 Å². The largest absolute Gasteiger partial charge is 0.507 e. The van der Waals surface area contributed by atoms with Gasteiger partial charge in [-0.1, -0.05) is 19.1 Å². The molecule has 0 aliphatic carbocycles. The second-order valence-corrected chi connectivity index (χ2v) is 6.14. The molecule has 0 radical (unpaired) electrons. The molecule has 0 aliphatic rings. The number of nitrogens with zero attached hydrogens (tertiary/aromatic N) is 3. The molecule has 106 valence electrons. The third-order valence-corrected chi connectivity index (χ3v) is 4.12. The highest BCUT2D eigenvalue weighted by Gasteiger charge is 2.15. The number of hydrogen-bond acceptors (Lipinski definition) is 5. The minimum Gasteiger partial charge on any atom is -0.507 e. The maximum atomic E-state index is 12.0. The second-order valence-electron chi connectivity index (χ2n) is 4.43. The molecule has 1 unspecified atom stereocenters. The molecule has 2 aromatic rings. The Morgan fingerprint density at radius 2 is 2.00 bits per heavy atom. The topological polar surface area (TPSA) is 66.3 Å². The highest BCUT2D eigenvalue weighted by atomic mass is 32.2. The Hall–Kier alpha value is -1.95. The Kier molecular flexibility index (Phi) is 4.34. The van der Waals surface area contributed by atoms with E-state index in [9.17, 15) is 9.32 Å². The third kappa shape index (κ3) is 2.80. The average Bonchev–Trinajstić information content (AvgIpc) is 2.46. The SMILES string of the molecule is CCS(=O)c1cnc(-c2ccccc2O)nc1N(C)C. The summed E-state index contributed by atoms with van der Waals surface area (Å²) < 4.78 is 12.0. The van der Waals surface area contributed by atoms with Gasteiger partial charge in [0.15, 0.2) is 5.82 Å². The summed E-state index contributed by atoms with van der Waals surface area (Å²) in [6, 6.07) is 6.89. The van der Waals surface area contributed by atoms with Gasteiger partial charge in [0.25, 0.3) is 0 Å². The van der Waals surface area contributed by atoms with Crippen LogP contribution in [0.1, 0.15) is 6.92 Å². The summed E-state index contributed by atoms with van der Waals surface area (Å²) in [4.78, 5) is 11.1. The maximum absolute atomic E-state index is 12.0. The van der Waals surface area contributed by atoms with E-state index in [1.165, 1.54) is 0 Å². The van der Waals surface area contributed by atoms with Crippen LogP contribution in [0.2, 0.25) is 0 Å². The van der Waals surface area contributed by atoms with Crippen molar-refractivity contribution in [1.82, 2.24) is 9.97 Å². The molecule has 1 heterocycles. The standard InChI is InChI=1S/C14H17N3O2S/c1-4-20(19)12-9-15-13(16-14(12)17(2)3)10-7-5-6-8-11(10)18/h5-9,18H,4H2,1-3H3. The van der Waals surface area contributed by atoms with E-state index in [2.05, 4.69) is 9.97 Å². The minimum absolute atomic E-state index is 0.126. The number of hydrogen-bond donors (Lipinski definition) is 1. The molecule has 1 N–H and O–H groups in total. The molecule has 1 aromatic carbocycles. The minimum atomic E-state index is -1.12. The molecule has 0 aliphatic heterocycles. The highest BCUT2D eigenvalue weighted by Crippen LogP contribution is 2.28. The zero-order valence-corrected chi connectivity index (χ0v) is 12.5. The van der Waals surface area contributed by atoms with Gasteiger partial charge in [-0.25, -0.2) is 9.97 Å². The van der Waals surface area contributed by atoms with E-state index in [0.29, 0.717) is 27.9 Å². The Morgan fingerprint density at radius 1 is 1.30 bits per heavy atom. The quantitative estimate of drug-likeness (QED) is 0.934. The molecule has 0 saturated heterocycles. The number of aromatic hydroxyl groups is 1. The number of para-hydroxylation sites is 1. The number of phenols is 1. The van der Waals surface area contributed by atoms with E-state index in [-0.39, 0.29) is 5.75 Å². The predicted molar refractivity (Wildman–Crippen MR) is 80.4 cm³/mol. The van der Waals surface area contributed by atoms with Gasteiger partial charge in [0.2, 0.25) is 0 Å². The van der Waals surface area contributed by atoms with Crippen LogP contribution in [0.15, 0.2) is 35.4 Å². The van der Waals surface area contributed by atoms with E-state index in [0.717, 1.165) is 0 Å². The smallest absolute Gasteiger partial charge is 0.165 e. The van der Waals surface area contributed by atoms with Gasteiger partial charge in [0, 0.05) is 26.0 Å². The molecule has 0 spiro atoms. The fraction of sp³-hybridized carbons (Fsp3) is 0.286. The van der Waals surface area contributed by atoms with Crippen LogP contribution in [0.5, 0.6) is 5.75 Å². The maximum Gasteiger partial charge on any atom is 0.165 e. The van der Waals surface area contributed by atoms with Crippen LogP contribution in [-0.2, 0) is 10.8 Å². The summed E-state index contributed by atoms with van der Waals surface area (Å²) in [5.74, 6) is 1.67. The van der Waals surface area contributed by atoms with E-state index in [1.54, 1.807) is 29.3 Å². The van der Waals surface area contributed by atoms with Gasteiger partial charge < -0.3 is 10.0 Å². The van der Waals surface area contributed by atoms with Crippen molar-refractivity contribution in [3.8, 4) is 17.1 Å². The van der Waals surface area contributed by atoms with Crippen molar-refractivity contribution < 1.29 is 9.32 Å². The van der Waals surface area contributed by atoms with Crippen molar-refractivity contribution in [2.24, 2.45) is 0 Å². The Bertz CT molecular complexity index is 644. The van der Waals surface area contributed by atoms with Gasteiger partial charge in [0.05, 0.1) is 21.3 Å². The lowest BCUT2D eigenvalue weighted by molar-refractivity contribution is 0.477. The first kappa shape index (κ1) is 14.5. The highest BCUT2D eigenvalue weighted by molar-refractivity contribution is 7.85. The molecular formula is C14H17N3O2S. The summed E-state index contributed by atoms with van der Waals surface area (Å²) in [5.41, 5.74) is 0.560. The lowest BCUT2D eigenvalue weighted by Gasteiger charge is -2.16. The Balaban J connectivity index is 2.56. The summed E-state index contributed by atoms with van der Waals surface area (Å²) in [5, 5.41) is 9.86. The van der Waals surface area contributed by atoms with Crippen molar-refractivity contribution in [2.75, 3.05) is 24.7 Å². The molecule has 1 aromatic heterocycles. The monoisotopic (exact) mass is 291 g/mol. The van der Waals surface area contributed by atoms with Gasteiger partial charge in [-0.15, -0.1) is 0 Å². The molecule has 0 saturated carbocycles. The molecule has 1 atom stereocenters. The number of phenolic OH excluding ortho intramolecular Hbond substituents is 1. The first-order valence-corrected chi connectivity index (χ1v) is 7.57. The lowest BCUT2D eigenvalue weighted by Crippen LogP contribution is -2.15. The zero-order chi connectivity index (χ0) is 14.7. The molecule has 0 bridgehead atoms. The Labute approximate surface area is 120 Å². The second kappa shape index (κ2) is 6.00. The summed E-state index contributed by atoms with van der Waals surface area (Å²) in [6.45, 7) is 1.85. The fourth-order valence-corrected chi connectivity index (χ4v) is 2.70. The first-order valence-electron chi connectivity index (χ1n) is 6.25. The van der Waals surface area contributed by atoms with Crippen molar-refractivity contribution in [2.45, 2.75) is 11.8 Å². The molecule has 2 rings (SSSR count). The molecule has 0 fully saturated rings. The zero-order valence-electron chi connectivity index (χ0n) is 11.7. The van der Waals surface area contributed by atoms with E-state index in [1.807, 2.05) is 27.1 Å². The lowest BCUT2D eigenvalue weighted by atomic mass is 10.2. The fourth-order valence-electron chi connectivity index (χ4n) is 1.79. The summed E-state index contributed by atoms with van der Waals surface area (Å²) >= 11 is 0. The number of rotatable bonds is 4. The van der Waals surface area contributed by atoms with Crippen molar-refractivity contribution in [3.05, 3.63) is 30.5 Å². The number of benzene rings is 1. The van der Waals surface area contributed by atoms with Gasteiger partial charge in [-0.2, -0.15) is 0 Å². The van der Waals surface area contributed by atoms with Crippen LogP contribution < -0.4 is 4.90 Å². The van der Waals surface area contributed by atoms with Crippen molar-refractivity contribution in [3.63, 3.8) is 0 Å². The number of aromatic nitrogens is 2. The summed E-state index contributed by atoms with van der Waals surface area (Å²) in [6.07, 6.45) is 1.57. The third-order valence-electron chi connectivity index (χ3n) is 2.81. The van der Waals surface area contributed by atoms with Gasteiger partial charge >= 0.3 is 0 Å². The first-order chi connectivity index (χ1) is 9.54. The summed E-state index contributed by atoms with van der Waals surface area (Å²) in [7, 11) is 2.56. The van der Waals surface area contributed by atoms with Crippen LogP contribution in [0.3, 0.4) is 0 Å². The molecule has 20 heavy (non-hydrogen) atoms. The Morgan fingerprint density at radius 3 is 2.60 bits per heavy atom. The number of anilines is 1. The van der Waals surface area contributed by atoms with Crippen LogP contribution >= 0.6 is 0 Å². The van der Waals surface area contributed by atoms with Crippen LogP contribution in [-0.4, -0.2) is 39.1 Å².